The number of hydrogen-bond donors (Lipinski definition) is 1. The van der Waals surface area contributed by atoms with E-state index in [2.05, 4.69) is 19.7 Å². The topological polar surface area (TPSA) is 67.8 Å². The van der Waals surface area contributed by atoms with Crippen LogP contribution in [0.4, 0.5) is 5.95 Å². The first-order valence-corrected chi connectivity index (χ1v) is 6.71. The van der Waals surface area contributed by atoms with Crippen LogP contribution < -0.4 is 5.32 Å². The SMILES string of the molecule is O=C(Nc1nsc(-c2ccccc2)n1)c1cccnc1. The van der Waals surface area contributed by atoms with E-state index < -0.39 is 0 Å². The lowest BCUT2D eigenvalue weighted by Gasteiger charge is -1.99. The van der Waals surface area contributed by atoms with Crippen LogP contribution in [0.3, 0.4) is 0 Å². The van der Waals surface area contributed by atoms with Crippen molar-refractivity contribution in [3.05, 3.63) is 60.4 Å². The second-order valence-corrected chi connectivity index (χ2v) is 4.74. The molecule has 0 aliphatic carbocycles. The summed E-state index contributed by atoms with van der Waals surface area (Å²) >= 11 is 1.25. The number of anilines is 1. The molecule has 2 aromatic heterocycles. The summed E-state index contributed by atoms with van der Waals surface area (Å²) in [5, 5.41) is 3.43. The highest BCUT2D eigenvalue weighted by Crippen LogP contribution is 2.22. The molecule has 20 heavy (non-hydrogen) atoms. The monoisotopic (exact) mass is 282 g/mol. The number of nitrogens with one attached hydrogen (secondary N) is 1. The van der Waals surface area contributed by atoms with Crippen LogP contribution in [0.25, 0.3) is 10.6 Å². The summed E-state index contributed by atoms with van der Waals surface area (Å²) in [5.74, 6) is 0.0400. The molecule has 0 saturated heterocycles. The van der Waals surface area contributed by atoms with Gasteiger partial charge >= 0.3 is 0 Å². The van der Waals surface area contributed by atoms with Crippen LogP contribution in [-0.2, 0) is 0 Å². The number of rotatable bonds is 3. The number of carbonyl (C=O) groups is 1. The van der Waals surface area contributed by atoms with Gasteiger partial charge in [0.25, 0.3) is 5.91 Å². The Morgan fingerprint density at radius 2 is 1.95 bits per heavy atom. The highest BCUT2D eigenvalue weighted by atomic mass is 32.1. The third-order valence-corrected chi connectivity index (χ3v) is 3.36. The lowest BCUT2D eigenvalue weighted by molar-refractivity contribution is 0.102. The summed E-state index contributed by atoms with van der Waals surface area (Å²) in [4.78, 5) is 20.1. The van der Waals surface area contributed by atoms with Crippen LogP contribution in [0.15, 0.2) is 54.9 Å². The standard InChI is InChI=1S/C14H10N4OS/c19-12(11-7-4-8-15-9-11)16-14-17-13(20-18-14)10-5-2-1-3-6-10/h1-9H,(H,16,18,19). The summed E-state index contributed by atoms with van der Waals surface area (Å²) in [5.41, 5.74) is 1.45. The minimum Gasteiger partial charge on any atom is -0.290 e. The van der Waals surface area contributed by atoms with E-state index in [9.17, 15) is 4.79 Å². The third kappa shape index (κ3) is 2.70. The Balaban J connectivity index is 1.77. The quantitative estimate of drug-likeness (QED) is 0.802. The lowest BCUT2D eigenvalue weighted by atomic mass is 10.2. The maximum Gasteiger partial charge on any atom is 0.259 e. The van der Waals surface area contributed by atoms with Crippen LogP contribution in [0, 0.1) is 0 Å². The highest BCUT2D eigenvalue weighted by Gasteiger charge is 2.10. The van der Waals surface area contributed by atoms with Gasteiger partial charge in [-0.3, -0.25) is 15.1 Å². The normalized spacial score (nSPS) is 10.2. The second kappa shape index (κ2) is 5.58. The predicted molar refractivity (Wildman–Crippen MR) is 77.5 cm³/mol. The largest absolute Gasteiger partial charge is 0.290 e. The van der Waals surface area contributed by atoms with E-state index in [-0.39, 0.29) is 5.91 Å². The fourth-order valence-corrected chi connectivity index (χ4v) is 2.27. The van der Waals surface area contributed by atoms with Crippen molar-refractivity contribution in [3.8, 4) is 10.6 Å². The Bertz CT molecular complexity index is 712. The van der Waals surface area contributed by atoms with Gasteiger partial charge in [0.05, 0.1) is 5.56 Å². The van der Waals surface area contributed by atoms with Crippen LogP contribution in [-0.4, -0.2) is 20.2 Å². The van der Waals surface area contributed by atoms with Gasteiger partial charge in [-0.05, 0) is 23.7 Å². The summed E-state index contributed by atoms with van der Waals surface area (Å²) in [7, 11) is 0. The summed E-state index contributed by atoms with van der Waals surface area (Å²) in [6.07, 6.45) is 3.12. The molecular formula is C14H10N4OS. The molecule has 2 heterocycles. The molecule has 0 fully saturated rings. The zero-order chi connectivity index (χ0) is 13.8. The number of nitrogens with zero attached hydrogens (tertiary/aromatic N) is 3. The van der Waals surface area contributed by atoms with Crippen LogP contribution in [0.5, 0.6) is 0 Å². The van der Waals surface area contributed by atoms with Gasteiger partial charge in [0.2, 0.25) is 5.95 Å². The van der Waals surface area contributed by atoms with Crippen molar-refractivity contribution in [1.29, 1.82) is 0 Å². The smallest absolute Gasteiger partial charge is 0.259 e. The van der Waals surface area contributed by atoms with Crippen LogP contribution >= 0.6 is 11.5 Å². The molecule has 0 aliphatic heterocycles. The van der Waals surface area contributed by atoms with Crippen molar-refractivity contribution < 1.29 is 4.79 Å². The molecule has 0 radical (unpaired) electrons. The van der Waals surface area contributed by atoms with Crippen molar-refractivity contribution >= 4 is 23.4 Å². The van der Waals surface area contributed by atoms with Gasteiger partial charge in [0, 0.05) is 18.0 Å². The first-order valence-electron chi connectivity index (χ1n) is 5.93. The summed E-state index contributed by atoms with van der Waals surface area (Å²) in [6, 6.07) is 13.1. The van der Waals surface area contributed by atoms with E-state index in [1.165, 1.54) is 17.7 Å². The number of pyridine rings is 1. The van der Waals surface area contributed by atoms with Gasteiger partial charge in [-0.25, -0.2) is 0 Å². The Labute approximate surface area is 119 Å². The molecule has 3 aromatic rings. The number of hydrogen-bond acceptors (Lipinski definition) is 5. The van der Waals surface area contributed by atoms with Gasteiger partial charge in [0.15, 0.2) is 0 Å². The Morgan fingerprint density at radius 3 is 2.70 bits per heavy atom. The minimum atomic E-state index is -0.268. The Kier molecular flexibility index (Phi) is 3.47. The predicted octanol–water partition coefficient (Wildman–Crippen LogP) is 2.85. The lowest BCUT2D eigenvalue weighted by Crippen LogP contribution is -2.12. The van der Waals surface area contributed by atoms with E-state index in [0.29, 0.717) is 11.5 Å². The molecular weight excluding hydrogens is 272 g/mol. The van der Waals surface area contributed by atoms with Crippen molar-refractivity contribution in [3.63, 3.8) is 0 Å². The molecule has 1 amide bonds. The molecule has 1 N–H and O–H groups in total. The maximum absolute atomic E-state index is 11.9. The number of aromatic nitrogens is 3. The molecule has 0 bridgehead atoms. The van der Waals surface area contributed by atoms with E-state index in [1.54, 1.807) is 18.3 Å². The fraction of sp³-hybridized carbons (Fsp3) is 0. The molecule has 0 atom stereocenters. The molecule has 0 unspecified atom stereocenters. The molecule has 98 valence electrons. The third-order valence-electron chi connectivity index (χ3n) is 2.60. The van der Waals surface area contributed by atoms with Gasteiger partial charge in [-0.2, -0.15) is 9.36 Å². The average Bonchev–Trinajstić information content (AvgIpc) is 2.97. The zero-order valence-corrected chi connectivity index (χ0v) is 11.2. The van der Waals surface area contributed by atoms with Crippen LogP contribution in [0.2, 0.25) is 0 Å². The fourth-order valence-electron chi connectivity index (χ4n) is 1.64. The van der Waals surface area contributed by atoms with E-state index in [0.717, 1.165) is 10.6 Å². The molecule has 3 rings (SSSR count). The molecule has 0 saturated carbocycles. The van der Waals surface area contributed by atoms with Gasteiger partial charge < -0.3 is 0 Å². The average molecular weight is 282 g/mol. The highest BCUT2D eigenvalue weighted by molar-refractivity contribution is 7.09. The Hall–Kier alpha value is -2.60. The van der Waals surface area contributed by atoms with Crippen molar-refractivity contribution in [1.82, 2.24) is 14.3 Å². The summed E-state index contributed by atoms with van der Waals surface area (Å²) in [6.45, 7) is 0. The van der Waals surface area contributed by atoms with E-state index >= 15 is 0 Å². The molecule has 0 spiro atoms. The molecule has 6 heteroatoms. The van der Waals surface area contributed by atoms with Gasteiger partial charge in [-0.15, -0.1) is 0 Å². The second-order valence-electron chi connectivity index (χ2n) is 3.98. The Morgan fingerprint density at radius 1 is 1.10 bits per heavy atom. The van der Waals surface area contributed by atoms with E-state index in [4.69, 9.17) is 0 Å². The van der Waals surface area contributed by atoms with Gasteiger partial charge in [0.1, 0.15) is 5.01 Å². The molecule has 1 aromatic carbocycles. The molecule has 5 nitrogen and oxygen atoms in total. The van der Waals surface area contributed by atoms with Crippen molar-refractivity contribution in [2.75, 3.05) is 5.32 Å². The summed E-state index contributed by atoms with van der Waals surface area (Å²) < 4.78 is 4.14. The van der Waals surface area contributed by atoms with E-state index in [1.807, 2.05) is 30.3 Å². The molecule has 0 aliphatic rings. The minimum absolute atomic E-state index is 0.268. The maximum atomic E-state index is 11.9. The first kappa shape index (κ1) is 12.4. The first-order chi connectivity index (χ1) is 9.83. The van der Waals surface area contributed by atoms with Gasteiger partial charge in [-0.1, -0.05) is 30.3 Å². The van der Waals surface area contributed by atoms with Crippen molar-refractivity contribution in [2.45, 2.75) is 0 Å². The zero-order valence-electron chi connectivity index (χ0n) is 10.4. The number of amides is 1. The number of benzene rings is 1. The van der Waals surface area contributed by atoms with Crippen LogP contribution in [0.1, 0.15) is 10.4 Å². The number of carbonyl (C=O) groups excluding carboxylic acids is 1. The van der Waals surface area contributed by atoms with Crippen molar-refractivity contribution in [2.24, 2.45) is 0 Å².